The van der Waals surface area contributed by atoms with Crippen LogP contribution in [0, 0.1) is 17.8 Å². The Morgan fingerprint density at radius 2 is 0.430 bits per heavy atom. The molecule has 0 aliphatic heterocycles. The molecule has 0 fully saturated rings. The molecular formula is C88H172O17P2. The van der Waals surface area contributed by atoms with Crippen LogP contribution in [0.4, 0.5) is 0 Å². The Morgan fingerprint density at radius 1 is 0.252 bits per heavy atom. The van der Waals surface area contributed by atoms with Crippen LogP contribution in [0.3, 0.4) is 0 Å². The minimum absolute atomic E-state index is 0.108. The van der Waals surface area contributed by atoms with E-state index in [9.17, 15) is 43.2 Å². The highest BCUT2D eigenvalue weighted by Crippen LogP contribution is 2.45. The quantitative estimate of drug-likeness (QED) is 0.0222. The summed E-state index contributed by atoms with van der Waals surface area (Å²) in [6, 6.07) is 0. The minimum Gasteiger partial charge on any atom is -0.462 e. The van der Waals surface area contributed by atoms with Crippen molar-refractivity contribution in [3.63, 3.8) is 0 Å². The lowest BCUT2D eigenvalue weighted by Gasteiger charge is -2.21. The summed E-state index contributed by atoms with van der Waals surface area (Å²) in [6.07, 6.45) is 69.4. The average molecular weight is 1560 g/mol. The number of hydrogen-bond acceptors (Lipinski definition) is 15. The van der Waals surface area contributed by atoms with Crippen molar-refractivity contribution < 1.29 is 80.2 Å². The fourth-order valence-corrected chi connectivity index (χ4v) is 15.3. The zero-order valence-electron chi connectivity index (χ0n) is 70.6. The van der Waals surface area contributed by atoms with Gasteiger partial charge < -0.3 is 33.8 Å². The Bertz CT molecular complexity index is 2060. The summed E-state index contributed by atoms with van der Waals surface area (Å²) in [5.41, 5.74) is 0. The molecule has 19 heteroatoms. The van der Waals surface area contributed by atoms with Gasteiger partial charge in [-0.3, -0.25) is 37.3 Å². The van der Waals surface area contributed by atoms with E-state index in [0.29, 0.717) is 25.7 Å². The monoisotopic (exact) mass is 1560 g/mol. The van der Waals surface area contributed by atoms with Gasteiger partial charge >= 0.3 is 39.5 Å². The van der Waals surface area contributed by atoms with Gasteiger partial charge in [0, 0.05) is 25.7 Å². The molecule has 636 valence electrons. The highest BCUT2D eigenvalue weighted by molar-refractivity contribution is 7.47. The second-order valence-corrected chi connectivity index (χ2v) is 36.0. The number of carbonyl (C=O) groups is 4. The number of carbonyl (C=O) groups excluding carboxylic acids is 4. The molecular weight excluding hydrogens is 1390 g/mol. The van der Waals surface area contributed by atoms with Gasteiger partial charge in [0.2, 0.25) is 0 Å². The molecule has 17 nitrogen and oxygen atoms in total. The molecule has 0 aliphatic carbocycles. The number of esters is 4. The maximum absolute atomic E-state index is 13.2. The first-order valence-electron chi connectivity index (χ1n) is 45.3. The largest absolute Gasteiger partial charge is 0.472 e. The van der Waals surface area contributed by atoms with Crippen molar-refractivity contribution in [2.45, 2.75) is 484 Å². The molecule has 0 radical (unpaired) electrons. The third-order valence-corrected chi connectivity index (χ3v) is 22.5. The molecule has 0 aromatic carbocycles. The molecule has 0 aromatic heterocycles. The van der Waals surface area contributed by atoms with Gasteiger partial charge in [-0.1, -0.05) is 414 Å². The van der Waals surface area contributed by atoms with Gasteiger partial charge in [-0.15, -0.1) is 0 Å². The maximum Gasteiger partial charge on any atom is 0.472 e. The molecule has 0 rings (SSSR count). The van der Waals surface area contributed by atoms with Crippen LogP contribution in [0.5, 0.6) is 0 Å². The van der Waals surface area contributed by atoms with Crippen LogP contribution in [-0.2, 0) is 65.4 Å². The molecule has 107 heavy (non-hydrogen) atoms. The van der Waals surface area contributed by atoms with E-state index in [4.69, 9.17) is 37.0 Å². The van der Waals surface area contributed by atoms with Crippen LogP contribution in [0.2, 0.25) is 0 Å². The molecule has 0 bridgehead atoms. The summed E-state index contributed by atoms with van der Waals surface area (Å²) in [6.45, 7) is 12.0. The van der Waals surface area contributed by atoms with E-state index in [1.165, 1.54) is 276 Å². The first kappa shape index (κ1) is 105. The predicted molar refractivity (Wildman–Crippen MR) is 441 cm³/mol. The molecule has 0 saturated carbocycles. The van der Waals surface area contributed by atoms with E-state index >= 15 is 0 Å². The fourth-order valence-electron chi connectivity index (χ4n) is 13.7. The van der Waals surface area contributed by atoms with Crippen molar-refractivity contribution in [3.05, 3.63) is 0 Å². The number of ether oxygens (including phenoxy) is 4. The Balaban J connectivity index is 5.25. The number of aliphatic hydroxyl groups excluding tert-OH is 1. The molecule has 0 amide bonds. The van der Waals surface area contributed by atoms with Crippen molar-refractivity contribution in [1.29, 1.82) is 0 Å². The Labute approximate surface area is 658 Å². The van der Waals surface area contributed by atoms with Crippen LogP contribution in [0.25, 0.3) is 0 Å². The van der Waals surface area contributed by atoms with Gasteiger partial charge in [0.1, 0.15) is 19.3 Å². The van der Waals surface area contributed by atoms with Gasteiger partial charge in [0.25, 0.3) is 0 Å². The van der Waals surface area contributed by atoms with Crippen LogP contribution < -0.4 is 0 Å². The lowest BCUT2D eigenvalue weighted by Crippen LogP contribution is -2.30. The van der Waals surface area contributed by atoms with E-state index in [0.717, 1.165) is 108 Å². The van der Waals surface area contributed by atoms with E-state index in [2.05, 4.69) is 48.5 Å². The van der Waals surface area contributed by atoms with Gasteiger partial charge in [-0.05, 0) is 43.4 Å². The van der Waals surface area contributed by atoms with E-state index in [1.807, 2.05) is 0 Å². The second kappa shape index (κ2) is 78.0. The number of phosphoric ester groups is 2. The summed E-state index contributed by atoms with van der Waals surface area (Å²) >= 11 is 0. The number of unbranched alkanes of at least 4 members (excludes halogenated alkanes) is 54. The number of phosphoric acid groups is 2. The number of aliphatic hydroxyl groups is 1. The minimum atomic E-state index is -4.97. The molecule has 3 N–H and O–H groups in total. The molecule has 0 spiro atoms. The second-order valence-electron chi connectivity index (χ2n) is 33.1. The Hall–Kier alpha value is -1.94. The van der Waals surface area contributed by atoms with Gasteiger partial charge in [0.15, 0.2) is 12.2 Å². The zero-order chi connectivity index (χ0) is 78.6. The van der Waals surface area contributed by atoms with E-state index < -0.39 is 97.5 Å². The first-order chi connectivity index (χ1) is 51.7. The summed E-state index contributed by atoms with van der Waals surface area (Å²) in [4.78, 5) is 73.3. The maximum atomic E-state index is 13.2. The third-order valence-electron chi connectivity index (χ3n) is 20.6. The van der Waals surface area contributed by atoms with Crippen LogP contribution >= 0.6 is 15.6 Å². The normalized spacial score (nSPS) is 13.8. The zero-order valence-corrected chi connectivity index (χ0v) is 72.4. The van der Waals surface area contributed by atoms with Gasteiger partial charge in [-0.25, -0.2) is 9.13 Å². The average Bonchev–Trinajstić information content (AvgIpc) is 0.902. The highest BCUT2D eigenvalue weighted by atomic mass is 31.2. The third kappa shape index (κ3) is 81.9. The van der Waals surface area contributed by atoms with Crippen LogP contribution in [0.15, 0.2) is 0 Å². The van der Waals surface area contributed by atoms with E-state index in [1.54, 1.807) is 0 Å². The molecule has 0 saturated heterocycles. The Morgan fingerprint density at radius 3 is 0.636 bits per heavy atom. The first-order valence-corrected chi connectivity index (χ1v) is 48.3. The molecule has 0 heterocycles. The fraction of sp³-hybridized carbons (Fsp3) is 0.955. The van der Waals surface area contributed by atoms with Crippen molar-refractivity contribution in [1.82, 2.24) is 0 Å². The molecule has 0 aliphatic rings. The summed E-state index contributed by atoms with van der Waals surface area (Å²) in [7, 11) is -9.93. The predicted octanol–water partition coefficient (Wildman–Crippen LogP) is 26.9. The summed E-state index contributed by atoms with van der Waals surface area (Å²) in [5, 5.41) is 10.7. The lowest BCUT2D eigenvalue weighted by molar-refractivity contribution is -0.161. The van der Waals surface area contributed by atoms with Gasteiger partial charge in [0.05, 0.1) is 26.4 Å². The lowest BCUT2D eigenvalue weighted by atomic mass is 10.0. The van der Waals surface area contributed by atoms with Crippen LogP contribution in [-0.4, -0.2) is 96.7 Å². The topological polar surface area (TPSA) is 237 Å². The standard InChI is InChI=1S/C88H172O17P2/c1-8-9-10-11-12-13-14-15-16-19-23-30-35-42-50-57-64-71-88(93)105-84(76-99-86(91)70-63-56-49-44-37-40-47-54-61-68-81(6)7)78-103-107(96,97)101-74-82(89)73-100-106(94,95)102-77-83(75-98-85(90)69-62-55-48-41-34-29-26-25-28-33-39-46-53-60-67-80(4)5)104-87(92)72-65-58-51-43-36-31-24-21-18-17-20-22-27-32-38-45-52-59-66-79(2)3/h79-84,89H,8-78H2,1-7H3,(H,94,95)(H,96,97)/t82-,83-,84-/m1/s1. The van der Waals surface area contributed by atoms with Gasteiger partial charge in [-0.2, -0.15) is 0 Å². The molecule has 0 aromatic rings. The van der Waals surface area contributed by atoms with Crippen molar-refractivity contribution in [2.24, 2.45) is 17.8 Å². The number of rotatable bonds is 86. The van der Waals surface area contributed by atoms with Crippen molar-refractivity contribution in [2.75, 3.05) is 39.6 Å². The van der Waals surface area contributed by atoms with E-state index in [-0.39, 0.29) is 25.7 Å². The van der Waals surface area contributed by atoms with Crippen molar-refractivity contribution in [3.8, 4) is 0 Å². The van der Waals surface area contributed by atoms with Crippen LogP contribution in [0.1, 0.15) is 466 Å². The summed E-state index contributed by atoms with van der Waals surface area (Å²) in [5.74, 6) is 0.262. The SMILES string of the molecule is CCCCCCCCCCCCCCCCCCCC(=O)O[C@H](COC(=O)CCCCCCCCCCCC(C)C)COP(=O)(O)OC[C@H](O)COP(=O)(O)OC[C@@H](COC(=O)CCCCCCCCCCCCCCCCC(C)C)OC(=O)CCCCCCCCCCCCCCCCCCCCC(C)C. The molecule has 2 unspecified atom stereocenters. The highest BCUT2D eigenvalue weighted by Gasteiger charge is 2.31. The molecule has 5 atom stereocenters. The Kier molecular flexibility index (Phi) is 76.6. The summed E-state index contributed by atoms with van der Waals surface area (Å²) < 4.78 is 69.0. The van der Waals surface area contributed by atoms with Crippen molar-refractivity contribution >= 4 is 39.5 Å². The smallest absolute Gasteiger partial charge is 0.462 e. The number of hydrogen-bond donors (Lipinski definition) is 3.